The van der Waals surface area contributed by atoms with Gasteiger partial charge in [0.2, 0.25) is 0 Å². The highest BCUT2D eigenvalue weighted by Crippen LogP contribution is 2.35. The first-order chi connectivity index (χ1) is 10.0. The number of hydrogen-bond acceptors (Lipinski definition) is 3. The second-order valence-corrected chi connectivity index (χ2v) is 6.50. The van der Waals surface area contributed by atoms with Gasteiger partial charge in [-0.25, -0.2) is 0 Å². The fourth-order valence-corrected chi connectivity index (χ4v) is 3.53. The van der Waals surface area contributed by atoms with E-state index in [0.29, 0.717) is 12.4 Å². The predicted molar refractivity (Wildman–Crippen MR) is 91.9 cm³/mol. The Kier molecular flexibility index (Phi) is 5.78. The smallest absolute Gasteiger partial charge is 0.269 e. The van der Waals surface area contributed by atoms with Gasteiger partial charge in [0.15, 0.2) is 0 Å². The lowest BCUT2D eigenvalue weighted by Gasteiger charge is -2.11. The third-order valence-corrected chi connectivity index (χ3v) is 4.57. The number of nitrogens with zero attached hydrogens (tertiary/aromatic N) is 1. The molecule has 2 aromatic rings. The standard InChI is InChI=1S/C14H10Br3NO3/c15-7-10-5-12(16)14(13(17)6-10)21-8-9-1-3-11(4-2-9)18(19)20/h1-6H,7-8H2. The molecule has 0 amide bonds. The fourth-order valence-electron chi connectivity index (χ4n) is 1.70. The van der Waals surface area contributed by atoms with Gasteiger partial charge in [-0.2, -0.15) is 0 Å². The van der Waals surface area contributed by atoms with E-state index < -0.39 is 4.92 Å². The highest BCUT2D eigenvalue weighted by atomic mass is 79.9. The van der Waals surface area contributed by atoms with E-state index in [-0.39, 0.29) is 5.69 Å². The third-order valence-electron chi connectivity index (χ3n) is 2.74. The van der Waals surface area contributed by atoms with Crippen molar-refractivity contribution in [2.45, 2.75) is 11.9 Å². The summed E-state index contributed by atoms with van der Waals surface area (Å²) in [5.74, 6) is 0.707. The SMILES string of the molecule is O=[N+]([O-])c1ccc(COc2c(Br)cc(CBr)cc2Br)cc1. The van der Waals surface area contributed by atoms with E-state index >= 15 is 0 Å². The summed E-state index contributed by atoms with van der Waals surface area (Å²) in [4.78, 5) is 10.2. The van der Waals surface area contributed by atoms with Crippen LogP contribution in [0, 0.1) is 10.1 Å². The number of halogens is 3. The van der Waals surface area contributed by atoms with Gasteiger partial charge in [0, 0.05) is 17.5 Å². The van der Waals surface area contributed by atoms with Gasteiger partial charge < -0.3 is 4.74 Å². The second kappa shape index (κ2) is 7.38. The number of alkyl halides is 1. The molecule has 0 saturated heterocycles. The molecule has 0 aromatic heterocycles. The van der Waals surface area contributed by atoms with Crippen LogP contribution in [0.15, 0.2) is 45.3 Å². The average Bonchev–Trinajstić information content (AvgIpc) is 2.46. The Morgan fingerprint density at radius 2 is 1.62 bits per heavy atom. The molecule has 0 radical (unpaired) electrons. The molecule has 0 aliphatic rings. The van der Waals surface area contributed by atoms with Gasteiger partial charge in [-0.1, -0.05) is 15.9 Å². The Balaban J connectivity index is 2.11. The molecule has 0 fully saturated rings. The van der Waals surface area contributed by atoms with Gasteiger partial charge in [-0.05, 0) is 67.3 Å². The van der Waals surface area contributed by atoms with Crippen LogP contribution in [0.1, 0.15) is 11.1 Å². The molecule has 0 bridgehead atoms. The predicted octanol–water partition coefficient (Wildman–Crippen LogP) is 5.59. The Bertz CT molecular complexity index is 636. The Hall–Kier alpha value is -0.920. The summed E-state index contributed by atoms with van der Waals surface area (Å²) in [7, 11) is 0. The molecule has 4 nitrogen and oxygen atoms in total. The Labute approximate surface area is 147 Å². The van der Waals surface area contributed by atoms with Gasteiger partial charge >= 0.3 is 0 Å². The van der Waals surface area contributed by atoms with E-state index in [0.717, 1.165) is 25.4 Å². The summed E-state index contributed by atoms with van der Waals surface area (Å²) in [6.07, 6.45) is 0. The van der Waals surface area contributed by atoms with Crippen LogP contribution in [0.5, 0.6) is 5.75 Å². The highest BCUT2D eigenvalue weighted by molar-refractivity contribution is 9.11. The number of non-ortho nitro benzene ring substituents is 1. The number of nitro benzene ring substituents is 1. The molecule has 21 heavy (non-hydrogen) atoms. The first-order valence-electron chi connectivity index (χ1n) is 5.91. The number of hydrogen-bond donors (Lipinski definition) is 0. The minimum absolute atomic E-state index is 0.0720. The summed E-state index contributed by atoms with van der Waals surface area (Å²) in [6.45, 7) is 0.336. The van der Waals surface area contributed by atoms with Gasteiger partial charge in [0.1, 0.15) is 12.4 Å². The Morgan fingerprint density at radius 3 is 2.10 bits per heavy atom. The van der Waals surface area contributed by atoms with Crippen molar-refractivity contribution in [3.05, 3.63) is 66.6 Å². The average molecular weight is 480 g/mol. The molecular weight excluding hydrogens is 470 g/mol. The zero-order valence-electron chi connectivity index (χ0n) is 10.7. The van der Waals surface area contributed by atoms with E-state index in [9.17, 15) is 10.1 Å². The topological polar surface area (TPSA) is 52.4 Å². The minimum atomic E-state index is -0.420. The maximum atomic E-state index is 10.6. The van der Waals surface area contributed by atoms with Crippen LogP contribution in [0.4, 0.5) is 5.69 Å². The molecule has 0 spiro atoms. The van der Waals surface area contributed by atoms with Crippen LogP contribution in [-0.4, -0.2) is 4.92 Å². The van der Waals surface area contributed by atoms with Crippen molar-refractivity contribution in [1.29, 1.82) is 0 Å². The summed E-state index contributed by atoms with van der Waals surface area (Å²) < 4.78 is 7.48. The first-order valence-corrected chi connectivity index (χ1v) is 8.62. The molecule has 0 heterocycles. The molecule has 2 rings (SSSR count). The number of rotatable bonds is 5. The van der Waals surface area contributed by atoms with Crippen molar-refractivity contribution < 1.29 is 9.66 Å². The minimum Gasteiger partial charge on any atom is -0.487 e. The van der Waals surface area contributed by atoms with Crippen molar-refractivity contribution in [3.63, 3.8) is 0 Å². The quantitative estimate of drug-likeness (QED) is 0.319. The van der Waals surface area contributed by atoms with Crippen LogP contribution in [0.2, 0.25) is 0 Å². The molecule has 2 aromatic carbocycles. The fraction of sp³-hybridized carbons (Fsp3) is 0.143. The van der Waals surface area contributed by atoms with Crippen molar-refractivity contribution in [3.8, 4) is 5.75 Å². The molecule has 0 aliphatic carbocycles. The van der Waals surface area contributed by atoms with E-state index in [2.05, 4.69) is 47.8 Å². The molecule has 0 aliphatic heterocycles. The summed E-state index contributed by atoms with van der Waals surface area (Å²) in [6, 6.07) is 10.3. The number of nitro groups is 1. The summed E-state index contributed by atoms with van der Waals surface area (Å²) in [5.41, 5.74) is 2.06. The third kappa shape index (κ3) is 4.28. The van der Waals surface area contributed by atoms with Crippen LogP contribution in [0.3, 0.4) is 0 Å². The van der Waals surface area contributed by atoms with Crippen molar-refractivity contribution in [2.75, 3.05) is 0 Å². The van der Waals surface area contributed by atoms with Crippen molar-refractivity contribution in [2.24, 2.45) is 0 Å². The van der Waals surface area contributed by atoms with Gasteiger partial charge in [0.25, 0.3) is 5.69 Å². The monoisotopic (exact) mass is 477 g/mol. The van der Waals surface area contributed by atoms with E-state index in [1.165, 1.54) is 12.1 Å². The normalized spacial score (nSPS) is 10.4. The maximum absolute atomic E-state index is 10.6. The molecule has 0 unspecified atom stereocenters. The number of ether oxygens (including phenoxy) is 1. The molecule has 0 N–H and O–H groups in total. The van der Waals surface area contributed by atoms with Gasteiger partial charge in [-0.3, -0.25) is 10.1 Å². The Morgan fingerprint density at radius 1 is 1.05 bits per heavy atom. The molecule has 0 saturated carbocycles. The van der Waals surface area contributed by atoms with Crippen LogP contribution >= 0.6 is 47.8 Å². The van der Waals surface area contributed by atoms with Crippen LogP contribution < -0.4 is 4.74 Å². The summed E-state index contributed by atoms with van der Waals surface area (Å²) in [5, 5.41) is 11.4. The molecular formula is C14H10Br3NO3. The lowest BCUT2D eigenvalue weighted by atomic mass is 10.2. The molecule has 0 atom stereocenters. The van der Waals surface area contributed by atoms with Crippen LogP contribution in [-0.2, 0) is 11.9 Å². The second-order valence-electron chi connectivity index (χ2n) is 4.23. The van der Waals surface area contributed by atoms with Gasteiger partial charge in [0.05, 0.1) is 13.9 Å². The van der Waals surface area contributed by atoms with Crippen molar-refractivity contribution >= 4 is 53.5 Å². The lowest BCUT2D eigenvalue weighted by Crippen LogP contribution is -1.98. The zero-order valence-corrected chi connectivity index (χ0v) is 15.4. The summed E-state index contributed by atoms with van der Waals surface area (Å²) >= 11 is 10.4. The molecule has 7 heteroatoms. The van der Waals surface area contributed by atoms with E-state index in [1.807, 2.05) is 12.1 Å². The van der Waals surface area contributed by atoms with Crippen molar-refractivity contribution in [1.82, 2.24) is 0 Å². The van der Waals surface area contributed by atoms with E-state index in [4.69, 9.17) is 4.74 Å². The van der Waals surface area contributed by atoms with Crippen LogP contribution in [0.25, 0.3) is 0 Å². The maximum Gasteiger partial charge on any atom is 0.269 e. The first kappa shape index (κ1) is 16.5. The largest absolute Gasteiger partial charge is 0.487 e. The van der Waals surface area contributed by atoms with Gasteiger partial charge in [-0.15, -0.1) is 0 Å². The highest BCUT2D eigenvalue weighted by Gasteiger charge is 2.10. The van der Waals surface area contributed by atoms with E-state index in [1.54, 1.807) is 12.1 Å². The lowest BCUT2D eigenvalue weighted by molar-refractivity contribution is -0.384. The zero-order chi connectivity index (χ0) is 15.4. The number of benzene rings is 2. The molecule has 110 valence electrons.